The van der Waals surface area contributed by atoms with Gasteiger partial charge in [-0.05, 0) is 12.5 Å². The number of hydrogen-bond acceptors (Lipinski definition) is 3. The third-order valence-electron chi connectivity index (χ3n) is 1.94. The zero-order valence-electron chi connectivity index (χ0n) is 7.95. The molecule has 0 aliphatic heterocycles. The first kappa shape index (κ1) is 11.2. The van der Waals surface area contributed by atoms with Gasteiger partial charge in [-0.2, -0.15) is 0 Å². The van der Waals surface area contributed by atoms with Gasteiger partial charge >= 0.3 is 5.97 Å². The number of benzene rings is 1. The molecule has 0 bridgehead atoms. The topological polar surface area (TPSA) is 46.5 Å². The highest BCUT2D eigenvalue weighted by Crippen LogP contribution is 2.27. The van der Waals surface area contributed by atoms with Crippen LogP contribution in [-0.2, 0) is 9.53 Å². The maximum Gasteiger partial charge on any atom is 0.339 e. The van der Waals surface area contributed by atoms with Crippen molar-refractivity contribution in [3.63, 3.8) is 0 Å². The van der Waals surface area contributed by atoms with Gasteiger partial charge in [-0.15, -0.1) is 0 Å². The van der Waals surface area contributed by atoms with E-state index in [9.17, 15) is 9.90 Å². The van der Waals surface area contributed by atoms with Crippen molar-refractivity contribution in [3.8, 4) is 0 Å². The van der Waals surface area contributed by atoms with Gasteiger partial charge in [0.1, 0.15) is 0 Å². The molecule has 1 unspecified atom stereocenters. The number of ether oxygens (including phenoxy) is 1. The highest BCUT2D eigenvalue weighted by atomic mass is 79.9. The molecule has 76 valence electrons. The molecule has 3 nitrogen and oxygen atoms in total. The van der Waals surface area contributed by atoms with Crippen molar-refractivity contribution in [2.24, 2.45) is 0 Å². The molecule has 14 heavy (non-hydrogen) atoms. The number of aryl methyl sites for hydroxylation is 1. The van der Waals surface area contributed by atoms with E-state index in [0.717, 1.165) is 10.0 Å². The highest BCUT2D eigenvalue weighted by molar-refractivity contribution is 9.10. The Balaban J connectivity index is 3.07. The van der Waals surface area contributed by atoms with Crippen molar-refractivity contribution < 1.29 is 14.6 Å². The predicted molar refractivity (Wildman–Crippen MR) is 55.9 cm³/mol. The summed E-state index contributed by atoms with van der Waals surface area (Å²) in [6.07, 6.45) is -1.23. The standard InChI is InChI=1S/C10H11BrO3/c1-6-4-3-5-7(8(6)11)9(12)10(13)14-2/h3-5,9,12H,1-2H3. The number of aliphatic hydroxyl groups is 1. The maximum absolute atomic E-state index is 11.1. The molecule has 0 aliphatic rings. The summed E-state index contributed by atoms with van der Waals surface area (Å²) in [6.45, 7) is 1.89. The van der Waals surface area contributed by atoms with E-state index in [-0.39, 0.29) is 0 Å². The van der Waals surface area contributed by atoms with Crippen molar-refractivity contribution in [1.82, 2.24) is 0 Å². The van der Waals surface area contributed by atoms with Crippen LogP contribution in [0.15, 0.2) is 22.7 Å². The summed E-state index contributed by atoms with van der Waals surface area (Å²) in [5.74, 6) is -0.656. The number of esters is 1. The molecule has 1 atom stereocenters. The minimum atomic E-state index is -1.23. The van der Waals surface area contributed by atoms with Crippen LogP contribution >= 0.6 is 15.9 Å². The van der Waals surface area contributed by atoms with Crippen LogP contribution in [0.25, 0.3) is 0 Å². The molecular weight excluding hydrogens is 248 g/mol. The van der Waals surface area contributed by atoms with Crippen LogP contribution in [0, 0.1) is 6.92 Å². The van der Waals surface area contributed by atoms with Gasteiger partial charge in [0.2, 0.25) is 0 Å². The van der Waals surface area contributed by atoms with Gasteiger partial charge in [-0.1, -0.05) is 34.1 Å². The summed E-state index contributed by atoms with van der Waals surface area (Å²) in [5, 5.41) is 9.59. The molecule has 0 heterocycles. The van der Waals surface area contributed by atoms with Crippen molar-refractivity contribution in [1.29, 1.82) is 0 Å². The van der Waals surface area contributed by atoms with E-state index in [1.807, 2.05) is 13.0 Å². The monoisotopic (exact) mass is 258 g/mol. The van der Waals surface area contributed by atoms with Crippen LogP contribution in [0.5, 0.6) is 0 Å². The molecule has 0 spiro atoms. The molecule has 0 saturated carbocycles. The second kappa shape index (κ2) is 4.57. The van der Waals surface area contributed by atoms with Gasteiger partial charge in [0.25, 0.3) is 0 Å². The van der Waals surface area contributed by atoms with E-state index in [4.69, 9.17) is 0 Å². The minimum absolute atomic E-state index is 0.525. The lowest BCUT2D eigenvalue weighted by Gasteiger charge is -2.11. The second-order valence-corrected chi connectivity index (χ2v) is 3.70. The normalized spacial score (nSPS) is 12.3. The van der Waals surface area contributed by atoms with Crippen LogP contribution in [-0.4, -0.2) is 18.2 Å². The average Bonchev–Trinajstić information content (AvgIpc) is 2.20. The number of methoxy groups -OCH3 is 1. The van der Waals surface area contributed by atoms with E-state index < -0.39 is 12.1 Å². The Morgan fingerprint density at radius 1 is 1.57 bits per heavy atom. The lowest BCUT2D eigenvalue weighted by Crippen LogP contribution is -2.14. The van der Waals surface area contributed by atoms with Crippen molar-refractivity contribution >= 4 is 21.9 Å². The summed E-state index contributed by atoms with van der Waals surface area (Å²) >= 11 is 3.31. The molecule has 1 aromatic rings. The summed E-state index contributed by atoms with van der Waals surface area (Å²) < 4.78 is 5.19. The molecule has 4 heteroatoms. The van der Waals surface area contributed by atoms with Crippen LogP contribution in [0.1, 0.15) is 17.2 Å². The van der Waals surface area contributed by atoms with Crippen LogP contribution in [0.4, 0.5) is 0 Å². The number of halogens is 1. The Morgan fingerprint density at radius 2 is 2.21 bits per heavy atom. The summed E-state index contributed by atoms with van der Waals surface area (Å²) in [7, 11) is 1.25. The third kappa shape index (κ3) is 2.13. The first-order chi connectivity index (χ1) is 6.57. The van der Waals surface area contributed by atoms with Gasteiger partial charge in [-0.3, -0.25) is 0 Å². The molecule has 0 amide bonds. The van der Waals surface area contributed by atoms with E-state index in [0.29, 0.717) is 5.56 Å². The molecule has 0 aliphatic carbocycles. The van der Waals surface area contributed by atoms with Crippen molar-refractivity contribution in [2.75, 3.05) is 7.11 Å². The first-order valence-electron chi connectivity index (χ1n) is 4.09. The molecule has 1 rings (SSSR count). The fraction of sp³-hybridized carbons (Fsp3) is 0.300. The van der Waals surface area contributed by atoms with Gasteiger partial charge < -0.3 is 9.84 Å². The first-order valence-corrected chi connectivity index (χ1v) is 4.88. The summed E-state index contributed by atoms with van der Waals surface area (Å²) in [4.78, 5) is 11.1. The number of hydrogen-bond donors (Lipinski definition) is 1. The lowest BCUT2D eigenvalue weighted by atomic mass is 10.1. The Morgan fingerprint density at radius 3 is 2.79 bits per heavy atom. The fourth-order valence-corrected chi connectivity index (χ4v) is 1.60. The zero-order chi connectivity index (χ0) is 10.7. The maximum atomic E-state index is 11.1. The molecular formula is C10H11BrO3. The van der Waals surface area contributed by atoms with Crippen molar-refractivity contribution in [3.05, 3.63) is 33.8 Å². The van der Waals surface area contributed by atoms with E-state index in [1.54, 1.807) is 12.1 Å². The SMILES string of the molecule is COC(=O)C(O)c1cccc(C)c1Br. The zero-order valence-corrected chi connectivity index (χ0v) is 9.54. The van der Waals surface area contributed by atoms with Crippen LogP contribution in [0.3, 0.4) is 0 Å². The third-order valence-corrected chi connectivity index (χ3v) is 3.02. The Hall–Kier alpha value is -0.870. The molecule has 0 saturated heterocycles. The van der Waals surface area contributed by atoms with E-state index >= 15 is 0 Å². The summed E-state index contributed by atoms with van der Waals surface area (Å²) in [6, 6.07) is 5.35. The number of carbonyl (C=O) groups is 1. The Bertz CT molecular complexity index is 349. The summed E-state index contributed by atoms with van der Waals surface area (Å²) in [5.41, 5.74) is 1.49. The van der Waals surface area contributed by atoms with Crippen LogP contribution < -0.4 is 0 Å². The fourth-order valence-electron chi connectivity index (χ4n) is 1.12. The quantitative estimate of drug-likeness (QED) is 0.826. The van der Waals surface area contributed by atoms with Gasteiger partial charge in [0.05, 0.1) is 7.11 Å². The molecule has 1 aromatic carbocycles. The van der Waals surface area contributed by atoms with Crippen molar-refractivity contribution in [2.45, 2.75) is 13.0 Å². The molecule has 0 radical (unpaired) electrons. The predicted octanol–water partition coefficient (Wildman–Crippen LogP) is 1.96. The number of aliphatic hydroxyl groups excluding tert-OH is 1. The average molecular weight is 259 g/mol. The molecule has 1 N–H and O–H groups in total. The van der Waals surface area contributed by atoms with Gasteiger partial charge in [0.15, 0.2) is 6.10 Å². The lowest BCUT2D eigenvalue weighted by molar-refractivity contribution is -0.150. The van der Waals surface area contributed by atoms with E-state index in [2.05, 4.69) is 20.7 Å². The Labute approximate surface area is 90.8 Å². The molecule has 0 aromatic heterocycles. The second-order valence-electron chi connectivity index (χ2n) is 2.90. The van der Waals surface area contributed by atoms with Gasteiger partial charge in [0, 0.05) is 10.0 Å². The number of rotatable bonds is 2. The number of carbonyl (C=O) groups excluding carboxylic acids is 1. The van der Waals surface area contributed by atoms with Crippen LogP contribution in [0.2, 0.25) is 0 Å². The largest absolute Gasteiger partial charge is 0.467 e. The van der Waals surface area contributed by atoms with Gasteiger partial charge in [-0.25, -0.2) is 4.79 Å². The minimum Gasteiger partial charge on any atom is -0.467 e. The highest BCUT2D eigenvalue weighted by Gasteiger charge is 2.20. The Kier molecular flexibility index (Phi) is 3.66. The van der Waals surface area contributed by atoms with E-state index in [1.165, 1.54) is 7.11 Å². The smallest absolute Gasteiger partial charge is 0.339 e. The molecule has 0 fully saturated rings.